The molecule has 1 aromatic heterocycles. The number of benzene rings is 1. The van der Waals surface area contributed by atoms with Crippen LogP contribution in [0.25, 0.3) is 0 Å². The molecule has 8 nitrogen and oxygen atoms in total. The quantitative estimate of drug-likeness (QED) is 0.512. The average molecular weight is 430 g/mol. The Hall–Kier alpha value is -3.04. The molecular formula is C22H27FN4O4. The van der Waals surface area contributed by atoms with Crippen molar-refractivity contribution in [2.45, 2.75) is 43.9 Å². The molecule has 0 aliphatic carbocycles. The molecule has 2 heterocycles. The molecular weight excluding hydrogens is 403 g/mol. The topological polar surface area (TPSA) is 113 Å². The van der Waals surface area contributed by atoms with E-state index >= 15 is 0 Å². The lowest BCUT2D eigenvalue weighted by atomic mass is 9.97. The second-order valence-electron chi connectivity index (χ2n) is 7.40. The van der Waals surface area contributed by atoms with Crippen molar-refractivity contribution in [3.63, 3.8) is 0 Å². The smallest absolute Gasteiger partial charge is 0.319 e. The molecule has 1 fully saturated rings. The molecule has 0 radical (unpaired) electrons. The number of carbonyl (C=O) groups excluding carboxylic acids is 2. The van der Waals surface area contributed by atoms with E-state index in [1.165, 1.54) is 24.3 Å². The highest BCUT2D eigenvalue weighted by Gasteiger charge is 2.31. The molecule has 166 valence electrons. The molecule has 4 N–H and O–H groups in total. The van der Waals surface area contributed by atoms with Crippen LogP contribution in [0.4, 0.5) is 14.9 Å². The van der Waals surface area contributed by atoms with Crippen LogP contribution in [0.3, 0.4) is 0 Å². The van der Waals surface area contributed by atoms with E-state index in [1.54, 1.807) is 18.3 Å². The fraction of sp³-hybridized carbons (Fsp3) is 0.409. The van der Waals surface area contributed by atoms with Gasteiger partial charge >= 0.3 is 6.03 Å². The molecule has 1 aliphatic rings. The summed E-state index contributed by atoms with van der Waals surface area (Å²) in [6.07, 6.45) is 3.15. The Morgan fingerprint density at radius 3 is 2.68 bits per heavy atom. The number of rotatable bonds is 8. The van der Waals surface area contributed by atoms with Crippen LogP contribution in [-0.4, -0.2) is 53.4 Å². The van der Waals surface area contributed by atoms with Crippen molar-refractivity contribution in [3.8, 4) is 0 Å². The van der Waals surface area contributed by atoms with Gasteiger partial charge in [0.05, 0.1) is 25.2 Å². The SMILES string of the molecule is O=C(Cc1ccccn1)NCC[C@@H]1CC[C@H](NC(=O)Nc2ccc(F)cc2)[C@@H](CO)O1. The number of carbonyl (C=O) groups is 2. The maximum Gasteiger partial charge on any atom is 0.319 e. The van der Waals surface area contributed by atoms with Gasteiger partial charge in [0.15, 0.2) is 0 Å². The number of hydrogen-bond donors (Lipinski definition) is 4. The minimum absolute atomic E-state index is 0.106. The van der Waals surface area contributed by atoms with Crippen LogP contribution < -0.4 is 16.0 Å². The van der Waals surface area contributed by atoms with E-state index in [0.717, 1.165) is 0 Å². The second-order valence-corrected chi connectivity index (χ2v) is 7.40. The third-order valence-corrected chi connectivity index (χ3v) is 5.07. The summed E-state index contributed by atoms with van der Waals surface area (Å²) in [4.78, 5) is 28.3. The maximum atomic E-state index is 13.0. The first-order valence-corrected chi connectivity index (χ1v) is 10.3. The molecule has 0 spiro atoms. The zero-order chi connectivity index (χ0) is 22.1. The highest BCUT2D eigenvalue weighted by atomic mass is 19.1. The van der Waals surface area contributed by atoms with Crippen LogP contribution in [0, 0.1) is 5.82 Å². The molecule has 3 amide bonds. The van der Waals surface area contributed by atoms with E-state index in [1.807, 2.05) is 6.07 Å². The minimum atomic E-state index is -0.540. The van der Waals surface area contributed by atoms with Gasteiger partial charge in [0.25, 0.3) is 0 Å². The molecule has 2 aromatic rings. The number of urea groups is 1. The molecule has 0 unspecified atom stereocenters. The summed E-state index contributed by atoms with van der Waals surface area (Å²) in [5.41, 5.74) is 1.18. The van der Waals surface area contributed by atoms with Crippen LogP contribution in [0.2, 0.25) is 0 Å². The largest absolute Gasteiger partial charge is 0.394 e. The average Bonchev–Trinajstić information content (AvgIpc) is 2.77. The predicted molar refractivity (Wildman–Crippen MR) is 113 cm³/mol. The second kappa shape index (κ2) is 11.4. The first-order valence-electron chi connectivity index (χ1n) is 10.3. The minimum Gasteiger partial charge on any atom is -0.394 e. The van der Waals surface area contributed by atoms with Gasteiger partial charge in [0.1, 0.15) is 11.9 Å². The maximum absolute atomic E-state index is 13.0. The lowest BCUT2D eigenvalue weighted by Gasteiger charge is -2.36. The lowest BCUT2D eigenvalue weighted by Crippen LogP contribution is -2.52. The van der Waals surface area contributed by atoms with Gasteiger partial charge in [-0.1, -0.05) is 6.07 Å². The summed E-state index contributed by atoms with van der Waals surface area (Å²) in [6, 6.07) is 10.1. The van der Waals surface area contributed by atoms with Crippen molar-refractivity contribution in [3.05, 3.63) is 60.2 Å². The summed E-state index contributed by atoms with van der Waals surface area (Å²) < 4.78 is 18.9. The molecule has 1 aromatic carbocycles. The number of aliphatic hydroxyl groups excluding tert-OH is 1. The van der Waals surface area contributed by atoms with Gasteiger partial charge in [-0.3, -0.25) is 9.78 Å². The van der Waals surface area contributed by atoms with Gasteiger partial charge in [-0.15, -0.1) is 0 Å². The molecule has 1 aliphatic heterocycles. The molecule has 0 bridgehead atoms. The third kappa shape index (κ3) is 7.30. The van der Waals surface area contributed by atoms with Crippen molar-refractivity contribution in [1.29, 1.82) is 0 Å². The molecule has 31 heavy (non-hydrogen) atoms. The van der Waals surface area contributed by atoms with Crippen LogP contribution >= 0.6 is 0 Å². The summed E-state index contributed by atoms with van der Waals surface area (Å²) in [7, 11) is 0. The van der Waals surface area contributed by atoms with Crippen LogP contribution in [0.1, 0.15) is 25.0 Å². The lowest BCUT2D eigenvalue weighted by molar-refractivity contribution is -0.121. The van der Waals surface area contributed by atoms with Crippen molar-refractivity contribution in [1.82, 2.24) is 15.6 Å². The summed E-state index contributed by atoms with van der Waals surface area (Å²) in [5.74, 6) is -0.490. The van der Waals surface area contributed by atoms with E-state index in [0.29, 0.717) is 37.2 Å². The Kier molecular flexibility index (Phi) is 8.31. The number of nitrogens with zero attached hydrogens (tertiary/aromatic N) is 1. The zero-order valence-electron chi connectivity index (χ0n) is 17.1. The number of aliphatic hydroxyl groups is 1. The summed E-state index contributed by atoms with van der Waals surface area (Å²) in [5, 5.41) is 18.0. The Morgan fingerprint density at radius 2 is 1.97 bits per heavy atom. The first kappa shape index (κ1) is 22.6. The summed E-state index contributed by atoms with van der Waals surface area (Å²) >= 11 is 0. The fourth-order valence-corrected chi connectivity index (χ4v) is 3.48. The van der Waals surface area contributed by atoms with Gasteiger partial charge in [-0.05, 0) is 55.7 Å². The molecule has 3 rings (SSSR count). The summed E-state index contributed by atoms with van der Waals surface area (Å²) in [6.45, 7) is 0.224. The molecule has 0 saturated carbocycles. The molecule has 3 atom stereocenters. The standard InChI is InChI=1S/C22H27FN4O4/c23-15-4-6-16(7-5-15)26-22(30)27-19-9-8-18(31-20(19)14-28)10-12-25-21(29)13-17-3-1-2-11-24-17/h1-7,11,18-20,28H,8-10,12-14H2,(H,25,29)(H2,26,27,30)/t18-,19-,20+/m0/s1. The Labute approximate surface area is 180 Å². The van der Waals surface area contributed by atoms with Gasteiger partial charge in [-0.2, -0.15) is 0 Å². The van der Waals surface area contributed by atoms with Gasteiger partial charge < -0.3 is 25.8 Å². The van der Waals surface area contributed by atoms with Crippen LogP contribution in [-0.2, 0) is 16.0 Å². The monoisotopic (exact) mass is 430 g/mol. The number of anilines is 1. The van der Waals surface area contributed by atoms with Gasteiger partial charge in [-0.25, -0.2) is 9.18 Å². The fourth-order valence-electron chi connectivity index (χ4n) is 3.48. The normalized spacial score (nSPS) is 20.6. The Morgan fingerprint density at radius 1 is 1.16 bits per heavy atom. The van der Waals surface area contributed by atoms with Gasteiger partial charge in [0.2, 0.25) is 5.91 Å². The number of amides is 3. The zero-order valence-corrected chi connectivity index (χ0v) is 17.1. The number of nitrogens with one attached hydrogen (secondary N) is 3. The van der Waals surface area contributed by atoms with E-state index in [4.69, 9.17) is 4.74 Å². The number of halogens is 1. The Balaban J connectivity index is 1.39. The van der Waals surface area contributed by atoms with Crippen molar-refractivity contribution in [2.75, 3.05) is 18.5 Å². The highest BCUT2D eigenvalue weighted by Crippen LogP contribution is 2.22. The first-order chi connectivity index (χ1) is 15.0. The number of aromatic nitrogens is 1. The number of ether oxygens (including phenoxy) is 1. The third-order valence-electron chi connectivity index (χ3n) is 5.07. The van der Waals surface area contributed by atoms with E-state index < -0.39 is 12.1 Å². The van der Waals surface area contributed by atoms with Crippen LogP contribution in [0.5, 0.6) is 0 Å². The van der Waals surface area contributed by atoms with E-state index in [2.05, 4.69) is 20.9 Å². The highest BCUT2D eigenvalue weighted by molar-refractivity contribution is 5.89. The number of pyridine rings is 1. The Bertz CT molecular complexity index is 850. The molecule has 9 heteroatoms. The van der Waals surface area contributed by atoms with Crippen molar-refractivity contribution in [2.24, 2.45) is 0 Å². The van der Waals surface area contributed by atoms with Crippen LogP contribution in [0.15, 0.2) is 48.7 Å². The van der Waals surface area contributed by atoms with Crippen molar-refractivity contribution < 1.29 is 23.8 Å². The number of hydrogen-bond acceptors (Lipinski definition) is 5. The van der Waals surface area contributed by atoms with E-state index in [-0.39, 0.29) is 36.9 Å². The van der Waals surface area contributed by atoms with Crippen molar-refractivity contribution >= 4 is 17.6 Å². The van der Waals surface area contributed by atoms with E-state index in [9.17, 15) is 19.1 Å². The molecule has 1 saturated heterocycles. The van der Waals surface area contributed by atoms with Gasteiger partial charge in [0, 0.05) is 24.1 Å². The predicted octanol–water partition coefficient (Wildman–Crippen LogP) is 2.00.